The second kappa shape index (κ2) is 8.52. The average molecular weight is 291 g/mol. The Morgan fingerprint density at radius 2 is 2.05 bits per heavy atom. The van der Waals surface area contributed by atoms with Crippen LogP contribution in [0.15, 0.2) is 18.2 Å². The maximum Gasteiger partial charge on any atom is 0.0809 e. The van der Waals surface area contributed by atoms with Crippen LogP contribution in [0.5, 0.6) is 0 Å². The van der Waals surface area contributed by atoms with Crippen LogP contribution in [0.2, 0.25) is 0 Å². The molecule has 0 saturated carbocycles. The van der Waals surface area contributed by atoms with Crippen LogP contribution in [0.3, 0.4) is 0 Å². The fourth-order valence-electron chi connectivity index (χ4n) is 2.86. The van der Waals surface area contributed by atoms with E-state index in [0.717, 1.165) is 39.2 Å². The molecule has 0 radical (unpaired) electrons. The largest absolute Gasteiger partial charge is 0.379 e. The molecule has 1 N–H and O–H groups in total. The number of ether oxygens (including phenoxy) is 2. The van der Waals surface area contributed by atoms with Crippen molar-refractivity contribution in [1.29, 1.82) is 0 Å². The summed E-state index contributed by atoms with van der Waals surface area (Å²) in [6.45, 7) is 9.99. The van der Waals surface area contributed by atoms with Crippen LogP contribution in [0.25, 0.3) is 0 Å². The molecule has 2 rings (SSSR count). The Kier molecular flexibility index (Phi) is 6.68. The molecule has 3 heteroatoms. The van der Waals surface area contributed by atoms with Gasteiger partial charge in [0.05, 0.1) is 12.7 Å². The summed E-state index contributed by atoms with van der Waals surface area (Å²) in [5.41, 5.74) is 4.03. The molecule has 0 spiro atoms. The highest BCUT2D eigenvalue weighted by Crippen LogP contribution is 2.16. The third-order valence-corrected chi connectivity index (χ3v) is 3.99. The predicted molar refractivity (Wildman–Crippen MR) is 86.7 cm³/mol. The molecule has 1 fully saturated rings. The molecule has 1 aromatic carbocycles. The van der Waals surface area contributed by atoms with Crippen LogP contribution < -0.4 is 5.32 Å². The molecule has 0 aliphatic carbocycles. The number of nitrogens with one attached hydrogen (secondary N) is 1. The summed E-state index contributed by atoms with van der Waals surface area (Å²) < 4.78 is 11.2. The zero-order chi connectivity index (χ0) is 15.1. The fraction of sp³-hybridized carbons (Fsp3) is 0.667. The van der Waals surface area contributed by atoms with Crippen molar-refractivity contribution in [2.45, 2.75) is 52.2 Å². The first kappa shape index (κ1) is 16.5. The summed E-state index contributed by atoms with van der Waals surface area (Å²) in [5, 5.41) is 3.57. The van der Waals surface area contributed by atoms with Gasteiger partial charge in [0, 0.05) is 19.3 Å². The lowest BCUT2D eigenvalue weighted by Crippen LogP contribution is -2.22. The first-order chi connectivity index (χ1) is 10.1. The van der Waals surface area contributed by atoms with E-state index in [2.05, 4.69) is 44.3 Å². The molecule has 1 aliphatic rings. The van der Waals surface area contributed by atoms with Gasteiger partial charge in [-0.2, -0.15) is 0 Å². The molecule has 1 aliphatic heterocycles. The van der Waals surface area contributed by atoms with Gasteiger partial charge in [0.25, 0.3) is 0 Å². The molecule has 1 saturated heterocycles. The van der Waals surface area contributed by atoms with Gasteiger partial charge < -0.3 is 14.8 Å². The second-order valence-electron chi connectivity index (χ2n) is 6.16. The Hall–Kier alpha value is -0.900. The van der Waals surface area contributed by atoms with Gasteiger partial charge in [0.15, 0.2) is 0 Å². The lowest BCUT2D eigenvalue weighted by molar-refractivity contribution is 0.0165. The minimum atomic E-state index is 0.340. The fourth-order valence-corrected chi connectivity index (χ4v) is 2.86. The van der Waals surface area contributed by atoms with Crippen LogP contribution in [0.1, 0.15) is 48.9 Å². The Bertz CT molecular complexity index is 407. The molecular weight excluding hydrogens is 262 g/mol. The number of benzene rings is 1. The molecule has 3 nitrogen and oxygen atoms in total. The molecule has 0 aromatic heterocycles. The van der Waals surface area contributed by atoms with E-state index < -0.39 is 0 Å². The summed E-state index contributed by atoms with van der Waals surface area (Å²) in [7, 11) is 0. The van der Waals surface area contributed by atoms with Crippen LogP contribution in [-0.4, -0.2) is 32.5 Å². The van der Waals surface area contributed by atoms with Gasteiger partial charge in [0.2, 0.25) is 0 Å². The zero-order valence-electron chi connectivity index (χ0n) is 13.7. The zero-order valence-corrected chi connectivity index (χ0v) is 13.7. The van der Waals surface area contributed by atoms with Crippen molar-refractivity contribution in [1.82, 2.24) is 5.32 Å². The number of rotatable bonds is 8. The molecule has 1 heterocycles. The third kappa shape index (κ3) is 5.77. The van der Waals surface area contributed by atoms with E-state index in [4.69, 9.17) is 9.47 Å². The topological polar surface area (TPSA) is 30.5 Å². The van der Waals surface area contributed by atoms with E-state index in [1.165, 1.54) is 23.1 Å². The summed E-state index contributed by atoms with van der Waals surface area (Å²) in [4.78, 5) is 0. The van der Waals surface area contributed by atoms with Crippen LogP contribution in [0.4, 0.5) is 0 Å². The van der Waals surface area contributed by atoms with Crippen molar-refractivity contribution < 1.29 is 9.47 Å². The van der Waals surface area contributed by atoms with Gasteiger partial charge >= 0.3 is 0 Å². The van der Waals surface area contributed by atoms with Gasteiger partial charge in [-0.15, -0.1) is 0 Å². The highest BCUT2D eigenvalue weighted by atomic mass is 16.5. The van der Waals surface area contributed by atoms with Gasteiger partial charge in [-0.05, 0) is 52.1 Å². The van der Waals surface area contributed by atoms with Crippen molar-refractivity contribution in [3.8, 4) is 0 Å². The van der Waals surface area contributed by atoms with E-state index in [0.29, 0.717) is 12.1 Å². The smallest absolute Gasteiger partial charge is 0.0809 e. The van der Waals surface area contributed by atoms with E-state index >= 15 is 0 Å². The lowest BCUT2D eigenvalue weighted by atomic mass is 10.0. The van der Waals surface area contributed by atoms with Crippen LogP contribution >= 0.6 is 0 Å². The van der Waals surface area contributed by atoms with E-state index in [-0.39, 0.29) is 0 Å². The van der Waals surface area contributed by atoms with Crippen molar-refractivity contribution in [3.05, 3.63) is 34.9 Å². The van der Waals surface area contributed by atoms with E-state index in [9.17, 15) is 0 Å². The first-order valence-electron chi connectivity index (χ1n) is 8.16. The van der Waals surface area contributed by atoms with Crippen molar-refractivity contribution in [2.24, 2.45) is 0 Å². The van der Waals surface area contributed by atoms with Crippen LogP contribution in [0, 0.1) is 13.8 Å². The van der Waals surface area contributed by atoms with Gasteiger partial charge in [-0.1, -0.05) is 29.3 Å². The SMILES string of the molecule is Cc1cc(C)cc(C(C)NCCCOCC2CCCO2)c1. The number of hydrogen-bond acceptors (Lipinski definition) is 3. The minimum absolute atomic E-state index is 0.340. The molecular formula is C18H29NO2. The lowest BCUT2D eigenvalue weighted by Gasteiger charge is -2.16. The Morgan fingerprint density at radius 3 is 2.71 bits per heavy atom. The minimum Gasteiger partial charge on any atom is -0.379 e. The summed E-state index contributed by atoms with van der Waals surface area (Å²) in [6.07, 6.45) is 3.72. The predicted octanol–water partition coefficient (Wildman–Crippen LogP) is 3.54. The molecule has 118 valence electrons. The average Bonchev–Trinajstić information content (AvgIpc) is 2.94. The van der Waals surface area contributed by atoms with Gasteiger partial charge in [-0.25, -0.2) is 0 Å². The number of aryl methyl sites for hydroxylation is 2. The number of hydrogen-bond donors (Lipinski definition) is 1. The monoisotopic (exact) mass is 291 g/mol. The molecule has 1 aromatic rings. The normalized spacial score (nSPS) is 19.9. The maximum atomic E-state index is 5.68. The van der Waals surface area contributed by atoms with Crippen molar-refractivity contribution >= 4 is 0 Å². The Morgan fingerprint density at radius 1 is 1.29 bits per heavy atom. The molecule has 0 amide bonds. The highest BCUT2D eigenvalue weighted by molar-refractivity contribution is 5.30. The summed E-state index contributed by atoms with van der Waals surface area (Å²) in [5.74, 6) is 0. The Balaban J connectivity index is 1.59. The Labute approximate surface area is 129 Å². The summed E-state index contributed by atoms with van der Waals surface area (Å²) >= 11 is 0. The van der Waals surface area contributed by atoms with Crippen LogP contribution in [-0.2, 0) is 9.47 Å². The summed E-state index contributed by atoms with van der Waals surface area (Å²) in [6, 6.07) is 7.13. The third-order valence-electron chi connectivity index (χ3n) is 3.99. The van der Waals surface area contributed by atoms with Gasteiger partial charge in [0.1, 0.15) is 0 Å². The van der Waals surface area contributed by atoms with Crippen molar-refractivity contribution in [3.63, 3.8) is 0 Å². The maximum absolute atomic E-state index is 5.68. The molecule has 2 unspecified atom stereocenters. The second-order valence-corrected chi connectivity index (χ2v) is 6.16. The highest BCUT2D eigenvalue weighted by Gasteiger charge is 2.14. The standard InChI is InChI=1S/C18H29NO2/c1-14-10-15(2)12-17(11-14)16(3)19-7-5-8-20-13-18-6-4-9-21-18/h10-12,16,18-19H,4-9,13H2,1-3H3. The quantitative estimate of drug-likeness (QED) is 0.743. The van der Waals surface area contributed by atoms with Crippen molar-refractivity contribution in [2.75, 3.05) is 26.4 Å². The first-order valence-corrected chi connectivity index (χ1v) is 8.16. The van der Waals surface area contributed by atoms with E-state index in [1.54, 1.807) is 0 Å². The molecule has 2 atom stereocenters. The molecule has 0 bridgehead atoms. The van der Waals surface area contributed by atoms with E-state index in [1.807, 2.05) is 0 Å². The van der Waals surface area contributed by atoms with Gasteiger partial charge in [-0.3, -0.25) is 0 Å². The molecule has 21 heavy (non-hydrogen) atoms.